The summed E-state index contributed by atoms with van der Waals surface area (Å²) in [7, 11) is 0. The zero-order valence-corrected chi connectivity index (χ0v) is 11.0. The van der Waals surface area contributed by atoms with Gasteiger partial charge in [-0.3, -0.25) is 9.63 Å². The third kappa shape index (κ3) is 2.63. The van der Waals surface area contributed by atoms with Crippen LogP contribution in [0.15, 0.2) is 24.4 Å². The molecule has 0 spiro atoms. The standard InChI is InChI=1S/C13H19N3O3/c1-3-7-19-16-8-10(9-5-6-9)11(12(14)17)15(4-2)13(16)18/h3,8-9,11H,1,4-7H2,2H3,(H2,14,17)/t11-/m0/s1. The highest BCUT2D eigenvalue weighted by Crippen LogP contribution is 2.41. The zero-order chi connectivity index (χ0) is 14.0. The van der Waals surface area contributed by atoms with E-state index in [0.29, 0.717) is 12.5 Å². The van der Waals surface area contributed by atoms with E-state index in [2.05, 4.69) is 6.58 Å². The van der Waals surface area contributed by atoms with Crippen LogP contribution in [0.4, 0.5) is 4.79 Å². The van der Waals surface area contributed by atoms with Crippen LogP contribution in [-0.4, -0.2) is 41.1 Å². The normalized spacial score (nSPS) is 23.3. The molecule has 0 radical (unpaired) electrons. The Morgan fingerprint density at radius 2 is 2.32 bits per heavy atom. The van der Waals surface area contributed by atoms with Crippen molar-refractivity contribution in [3.8, 4) is 0 Å². The fraction of sp³-hybridized carbons (Fsp3) is 0.538. The first-order valence-electron chi connectivity index (χ1n) is 6.44. The summed E-state index contributed by atoms with van der Waals surface area (Å²) < 4.78 is 0. The van der Waals surface area contributed by atoms with E-state index in [1.165, 1.54) is 9.96 Å². The highest BCUT2D eigenvalue weighted by atomic mass is 16.7. The predicted octanol–water partition coefficient (Wildman–Crippen LogP) is 1.01. The molecule has 0 saturated heterocycles. The Bertz CT molecular complexity index is 429. The summed E-state index contributed by atoms with van der Waals surface area (Å²) in [6.07, 6.45) is 5.23. The number of hydroxylamine groups is 2. The Balaban J connectivity index is 2.30. The number of hydrogen-bond donors (Lipinski definition) is 1. The minimum atomic E-state index is -0.645. The SMILES string of the molecule is C=CCON1C=C(C2CC2)[C@@H](C(N)=O)N(CC)C1=O. The topological polar surface area (TPSA) is 75.9 Å². The fourth-order valence-electron chi connectivity index (χ4n) is 2.28. The average Bonchev–Trinajstić information content (AvgIpc) is 3.20. The minimum absolute atomic E-state index is 0.235. The monoisotopic (exact) mass is 265 g/mol. The number of urea groups is 1. The predicted molar refractivity (Wildman–Crippen MR) is 69.6 cm³/mol. The van der Waals surface area contributed by atoms with Gasteiger partial charge in [0.2, 0.25) is 5.91 Å². The van der Waals surface area contributed by atoms with Gasteiger partial charge < -0.3 is 10.6 Å². The lowest BCUT2D eigenvalue weighted by Crippen LogP contribution is -2.56. The quantitative estimate of drug-likeness (QED) is 0.728. The maximum atomic E-state index is 12.2. The number of carbonyl (C=O) groups is 2. The van der Waals surface area contributed by atoms with Crippen LogP contribution in [0.25, 0.3) is 0 Å². The molecule has 2 aliphatic rings. The Morgan fingerprint density at radius 1 is 1.63 bits per heavy atom. The Morgan fingerprint density at radius 3 is 2.79 bits per heavy atom. The Hall–Kier alpha value is -1.82. The number of primary amides is 1. The first-order valence-corrected chi connectivity index (χ1v) is 6.44. The van der Waals surface area contributed by atoms with Crippen LogP contribution in [0.1, 0.15) is 19.8 Å². The second kappa shape index (κ2) is 5.44. The molecule has 0 aromatic heterocycles. The van der Waals surface area contributed by atoms with Crippen molar-refractivity contribution >= 4 is 11.9 Å². The van der Waals surface area contributed by atoms with Gasteiger partial charge in [-0.05, 0) is 31.3 Å². The lowest BCUT2D eigenvalue weighted by Gasteiger charge is -2.38. The number of carbonyl (C=O) groups excluding carboxylic acids is 2. The van der Waals surface area contributed by atoms with E-state index in [4.69, 9.17) is 10.6 Å². The Kier molecular flexibility index (Phi) is 3.90. The molecule has 1 heterocycles. The van der Waals surface area contributed by atoms with E-state index >= 15 is 0 Å². The van der Waals surface area contributed by atoms with Crippen LogP contribution >= 0.6 is 0 Å². The molecule has 0 aromatic rings. The molecule has 0 unspecified atom stereocenters. The molecule has 1 fully saturated rings. The summed E-state index contributed by atoms with van der Waals surface area (Å²) in [5.74, 6) is -0.161. The molecule has 6 nitrogen and oxygen atoms in total. The van der Waals surface area contributed by atoms with Crippen molar-refractivity contribution in [3.05, 3.63) is 24.4 Å². The second-order valence-electron chi connectivity index (χ2n) is 4.69. The van der Waals surface area contributed by atoms with Crippen molar-refractivity contribution in [2.45, 2.75) is 25.8 Å². The molecular weight excluding hydrogens is 246 g/mol. The third-order valence-electron chi connectivity index (χ3n) is 3.32. The number of likely N-dealkylation sites (N-methyl/N-ethyl adjacent to an activating group) is 1. The molecule has 0 bridgehead atoms. The van der Waals surface area contributed by atoms with Gasteiger partial charge in [0.25, 0.3) is 0 Å². The summed E-state index contributed by atoms with van der Waals surface area (Å²) in [5.41, 5.74) is 6.32. The van der Waals surface area contributed by atoms with Crippen LogP contribution in [0.3, 0.4) is 0 Å². The van der Waals surface area contributed by atoms with E-state index in [1.54, 1.807) is 12.3 Å². The molecule has 104 valence electrons. The maximum absolute atomic E-state index is 12.2. The number of amides is 3. The summed E-state index contributed by atoms with van der Waals surface area (Å²) in [6, 6.07) is -1.01. The van der Waals surface area contributed by atoms with Crippen molar-refractivity contribution in [2.75, 3.05) is 13.2 Å². The largest absolute Gasteiger partial charge is 0.368 e. The molecule has 2 rings (SSSR count). The average molecular weight is 265 g/mol. The smallest absolute Gasteiger partial charge is 0.349 e. The van der Waals surface area contributed by atoms with Crippen molar-refractivity contribution in [2.24, 2.45) is 11.7 Å². The van der Waals surface area contributed by atoms with Crippen LogP contribution < -0.4 is 5.73 Å². The van der Waals surface area contributed by atoms with E-state index in [-0.39, 0.29) is 12.6 Å². The Labute approximate surface area is 112 Å². The van der Waals surface area contributed by atoms with Gasteiger partial charge >= 0.3 is 6.03 Å². The van der Waals surface area contributed by atoms with Crippen LogP contribution in [0, 0.1) is 5.92 Å². The lowest BCUT2D eigenvalue weighted by molar-refractivity contribution is -0.124. The highest BCUT2D eigenvalue weighted by molar-refractivity contribution is 5.90. The molecular formula is C13H19N3O3. The number of hydrogen-bond acceptors (Lipinski definition) is 3. The molecule has 19 heavy (non-hydrogen) atoms. The van der Waals surface area contributed by atoms with Gasteiger partial charge in [-0.2, -0.15) is 5.06 Å². The summed E-state index contributed by atoms with van der Waals surface area (Å²) in [4.78, 5) is 30.6. The zero-order valence-electron chi connectivity index (χ0n) is 11.0. The molecule has 3 amide bonds. The van der Waals surface area contributed by atoms with Crippen molar-refractivity contribution < 1.29 is 14.4 Å². The van der Waals surface area contributed by atoms with E-state index in [0.717, 1.165) is 18.4 Å². The van der Waals surface area contributed by atoms with Gasteiger partial charge in [-0.15, -0.1) is 6.58 Å². The molecule has 1 aliphatic carbocycles. The molecule has 1 saturated carbocycles. The number of nitrogens with two attached hydrogens (primary N) is 1. The van der Waals surface area contributed by atoms with Gasteiger partial charge in [0.1, 0.15) is 6.04 Å². The fourth-order valence-corrected chi connectivity index (χ4v) is 2.28. The third-order valence-corrected chi connectivity index (χ3v) is 3.32. The summed E-state index contributed by atoms with van der Waals surface area (Å²) >= 11 is 0. The van der Waals surface area contributed by atoms with Gasteiger partial charge in [0, 0.05) is 12.7 Å². The summed E-state index contributed by atoms with van der Waals surface area (Å²) in [6.45, 7) is 6.00. The molecule has 0 aromatic carbocycles. The molecule has 6 heteroatoms. The number of nitrogens with zero attached hydrogens (tertiary/aromatic N) is 2. The van der Waals surface area contributed by atoms with Crippen LogP contribution in [-0.2, 0) is 9.63 Å². The lowest BCUT2D eigenvalue weighted by atomic mass is 9.99. The first-order chi connectivity index (χ1) is 9.10. The van der Waals surface area contributed by atoms with Crippen LogP contribution in [0.5, 0.6) is 0 Å². The van der Waals surface area contributed by atoms with Gasteiger partial charge in [0.05, 0.1) is 6.61 Å². The second-order valence-corrected chi connectivity index (χ2v) is 4.69. The van der Waals surface area contributed by atoms with Gasteiger partial charge in [-0.25, -0.2) is 4.79 Å². The van der Waals surface area contributed by atoms with Crippen molar-refractivity contribution in [3.63, 3.8) is 0 Å². The number of rotatable bonds is 6. The van der Waals surface area contributed by atoms with Crippen LogP contribution in [0.2, 0.25) is 0 Å². The van der Waals surface area contributed by atoms with Gasteiger partial charge in [-0.1, -0.05) is 6.08 Å². The highest BCUT2D eigenvalue weighted by Gasteiger charge is 2.43. The van der Waals surface area contributed by atoms with Gasteiger partial charge in [0.15, 0.2) is 0 Å². The van der Waals surface area contributed by atoms with Crippen molar-refractivity contribution in [1.82, 2.24) is 9.96 Å². The summed E-state index contributed by atoms with van der Waals surface area (Å²) in [5, 5.41) is 1.18. The molecule has 1 atom stereocenters. The minimum Gasteiger partial charge on any atom is -0.368 e. The maximum Gasteiger partial charge on any atom is 0.349 e. The van der Waals surface area contributed by atoms with E-state index in [9.17, 15) is 9.59 Å². The van der Waals surface area contributed by atoms with Crippen molar-refractivity contribution in [1.29, 1.82) is 0 Å². The van der Waals surface area contributed by atoms with E-state index in [1.807, 2.05) is 6.92 Å². The molecule has 1 aliphatic heterocycles. The molecule has 2 N–H and O–H groups in total. The van der Waals surface area contributed by atoms with E-state index < -0.39 is 11.9 Å². The first kappa shape index (κ1) is 13.6.